The number of hydrogen-bond donors (Lipinski definition) is 5. The van der Waals surface area contributed by atoms with Crippen LogP contribution in [-0.4, -0.2) is 70.0 Å². The van der Waals surface area contributed by atoms with Crippen molar-refractivity contribution < 1.29 is 44.2 Å². The van der Waals surface area contributed by atoms with Crippen molar-refractivity contribution in [2.24, 2.45) is 0 Å². The summed E-state index contributed by atoms with van der Waals surface area (Å²) >= 11 is 0. The third-order valence-electron chi connectivity index (χ3n) is 5.33. The van der Waals surface area contributed by atoms with E-state index >= 15 is 0 Å². The van der Waals surface area contributed by atoms with Gasteiger partial charge < -0.3 is 44.2 Å². The molecule has 1 aliphatic rings. The summed E-state index contributed by atoms with van der Waals surface area (Å²) in [4.78, 5) is 13.0. The Morgan fingerprint density at radius 3 is 2.38 bits per heavy atom. The lowest BCUT2D eigenvalue weighted by molar-refractivity contribution is -0.277. The van der Waals surface area contributed by atoms with Crippen molar-refractivity contribution in [1.29, 1.82) is 0 Å². The first kappa shape index (κ1) is 22.1. The summed E-state index contributed by atoms with van der Waals surface area (Å²) in [5, 5.41) is 49.1. The van der Waals surface area contributed by atoms with Crippen molar-refractivity contribution in [2.75, 3.05) is 13.7 Å². The SMILES string of the molecule is COc1cc2c(=O)c(-c3ccc(O)cc3)coc2cc1O[C@@H]1O[C@H](CO)[C@@H](O)[C@H](O)[C@H]1O. The molecule has 0 unspecified atom stereocenters. The average Bonchev–Trinajstić information content (AvgIpc) is 2.80. The number of aliphatic hydroxyl groups is 4. The maximum absolute atomic E-state index is 13.0. The van der Waals surface area contributed by atoms with Crippen LogP contribution in [0, 0.1) is 0 Å². The van der Waals surface area contributed by atoms with Gasteiger partial charge in [0, 0.05) is 6.07 Å². The minimum atomic E-state index is -1.61. The van der Waals surface area contributed by atoms with Gasteiger partial charge in [-0.25, -0.2) is 0 Å². The first-order valence-electron chi connectivity index (χ1n) is 9.74. The summed E-state index contributed by atoms with van der Waals surface area (Å²) in [5.41, 5.74) is 0.661. The number of ether oxygens (including phenoxy) is 3. The van der Waals surface area contributed by atoms with Crippen molar-refractivity contribution in [3.05, 3.63) is 52.9 Å². The van der Waals surface area contributed by atoms with Crippen molar-refractivity contribution >= 4 is 11.0 Å². The Kier molecular flexibility index (Phi) is 6.04. The van der Waals surface area contributed by atoms with Gasteiger partial charge in [0.2, 0.25) is 11.7 Å². The fourth-order valence-electron chi connectivity index (χ4n) is 3.52. The Balaban J connectivity index is 1.71. The van der Waals surface area contributed by atoms with Crippen molar-refractivity contribution in [3.63, 3.8) is 0 Å². The number of phenolic OH excluding ortho intramolecular Hbond substituents is 1. The highest BCUT2D eigenvalue weighted by Crippen LogP contribution is 2.35. The normalized spacial score (nSPS) is 25.6. The van der Waals surface area contributed by atoms with Crippen LogP contribution in [-0.2, 0) is 4.74 Å². The topological polar surface area (TPSA) is 159 Å². The zero-order chi connectivity index (χ0) is 23.0. The van der Waals surface area contributed by atoms with Crippen LogP contribution < -0.4 is 14.9 Å². The molecule has 2 aromatic carbocycles. The molecule has 0 aliphatic carbocycles. The largest absolute Gasteiger partial charge is 0.508 e. The van der Waals surface area contributed by atoms with Crippen LogP contribution in [0.4, 0.5) is 0 Å². The van der Waals surface area contributed by atoms with Crippen LogP contribution in [0.1, 0.15) is 0 Å². The number of fused-ring (bicyclic) bond motifs is 1. The van der Waals surface area contributed by atoms with E-state index in [4.69, 9.17) is 18.6 Å². The highest BCUT2D eigenvalue weighted by molar-refractivity contribution is 5.84. The first-order chi connectivity index (χ1) is 15.3. The summed E-state index contributed by atoms with van der Waals surface area (Å²) in [6, 6.07) is 8.86. The summed E-state index contributed by atoms with van der Waals surface area (Å²) in [7, 11) is 1.35. The maximum Gasteiger partial charge on any atom is 0.229 e. The molecule has 3 aromatic rings. The van der Waals surface area contributed by atoms with Gasteiger partial charge in [-0.15, -0.1) is 0 Å². The second-order valence-corrected chi connectivity index (χ2v) is 7.34. The summed E-state index contributed by atoms with van der Waals surface area (Å²) in [6.07, 6.45) is -6.04. The molecule has 5 N–H and O–H groups in total. The Morgan fingerprint density at radius 2 is 1.72 bits per heavy atom. The van der Waals surface area contributed by atoms with E-state index in [0.29, 0.717) is 5.56 Å². The fraction of sp³-hybridized carbons (Fsp3) is 0.318. The molecule has 2 heterocycles. The molecule has 5 atom stereocenters. The molecule has 170 valence electrons. The van der Waals surface area contributed by atoms with Crippen molar-refractivity contribution in [1.82, 2.24) is 0 Å². The summed E-state index contributed by atoms with van der Waals surface area (Å²) < 4.78 is 21.9. The lowest BCUT2D eigenvalue weighted by Gasteiger charge is -2.39. The molecule has 0 radical (unpaired) electrons. The molecule has 0 spiro atoms. The number of benzene rings is 2. The Hall–Kier alpha value is -3.15. The summed E-state index contributed by atoms with van der Waals surface area (Å²) in [5.74, 6) is 0.241. The predicted octanol–water partition coefficient (Wildman–Crippen LogP) is 0.353. The zero-order valence-corrected chi connectivity index (χ0v) is 16.9. The number of rotatable bonds is 5. The molecule has 1 aliphatic heterocycles. The Morgan fingerprint density at radius 1 is 1.00 bits per heavy atom. The number of aliphatic hydroxyl groups excluding tert-OH is 4. The Labute approximate surface area is 181 Å². The molecule has 0 amide bonds. The van der Waals surface area contributed by atoms with E-state index in [-0.39, 0.29) is 39.2 Å². The standard InChI is InChI=1S/C22H22O10/c1-29-15-6-12-14(30-9-13(18(12)25)10-2-4-11(24)5-3-10)7-16(15)31-22-21(28)20(27)19(26)17(8-23)32-22/h2-7,9,17,19-24,26-28H,8H2,1H3/t17-,19-,20+,21-,22-/m1/s1. The maximum atomic E-state index is 13.0. The highest BCUT2D eigenvalue weighted by Gasteiger charge is 2.45. The van der Waals surface area contributed by atoms with Gasteiger partial charge in [0.05, 0.1) is 24.7 Å². The van der Waals surface area contributed by atoms with Gasteiger partial charge in [-0.2, -0.15) is 0 Å². The van der Waals surface area contributed by atoms with E-state index in [1.807, 2.05) is 0 Å². The second kappa shape index (κ2) is 8.77. The molecule has 4 rings (SSSR count). The number of hydrogen-bond acceptors (Lipinski definition) is 10. The second-order valence-electron chi connectivity index (χ2n) is 7.34. The van der Waals surface area contributed by atoms with Gasteiger partial charge in [-0.05, 0) is 23.8 Å². The third kappa shape index (κ3) is 3.90. The van der Waals surface area contributed by atoms with E-state index < -0.39 is 37.3 Å². The minimum absolute atomic E-state index is 0.0462. The molecule has 10 nitrogen and oxygen atoms in total. The average molecular weight is 446 g/mol. The van der Waals surface area contributed by atoms with Gasteiger partial charge in [-0.3, -0.25) is 4.79 Å². The Bertz CT molecular complexity index is 1150. The first-order valence-corrected chi connectivity index (χ1v) is 9.74. The van der Waals surface area contributed by atoms with Crippen LogP contribution in [0.2, 0.25) is 0 Å². The lowest BCUT2D eigenvalue weighted by atomic mass is 9.99. The zero-order valence-electron chi connectivity index (χ0n) is 16.9. The van der Waals surface area contributed by atoms with Crippen LogP contribution in [0.3, 0.4) is 0 Å². The van der Waals surface area contributed by atoms with E-state index in [1.54, 1.807) is 12.1 Å². The van der Waals surface area contributed by atoms with Crippen LogP contribution in [0.15, 0.2) is 51.9 Å². The molecule has 10 heteroatoms. The van der Waals surface area contributed by atoms with Gasteiger partial charge in [0.1, 0.15) is 42.0 Å². The molecular weight excluding hydrogens is 424 g/mol. The van der Waals surface area contributed by atoms with Gasteiger partial charge in [0.15, 0.2) is 11.5 Å². The summed E-state index contributed by atoms with van der Waals surface area (Å²) in [6.45, 7) is -0.603. The van der Waals surface area contributed by atoms with Gasteiger partial charge in [0.25, 0.3) is 0 Å². The van der Waals surface area contributed by atoms with Crippen molar-refractivity contribution in [2.45, 2.75) is 30.7 Å². The number of methoxy groups -OCH3 is 1. The predicted molar refractivity (Wildman–Crippen MR) is 111 cm³/mol. The monoisotopic (exact) mass is 446 g/mol. The molecule has 0 bridgehead atoms. The van der Waals surface area contributed by atoms with E-state index in [1.165, 1.54) is 37.6 Å². The van der Waals surface area contributed by atoms with Crippen molar-refractivity contribution in [3.8, 4) is 28.4 Å². The quantitative estimate of drug-likeness (QED) is 0.370. The van der Waals surface area contributed by atoms with Crippen LogP contribution in [0.5, 0.6) is 17.2 Å². The lowest BCUT2D eigenvalue weighted by Crippen LogP contribution is -2.60. The molecule has 0 saturated carbocycles. The van der Waals surface area contributed by atoms with E-state index in [9.17, 15) is 30.3 Å². The molecule has 1 saturated heterocycles. The fourth-order valence-corrected chi connectivity index (χ4v) is 3.52. The third-order valence-corrected chi connectivity index (χ3v) is 5.33. The minimum Gasteiger partial charge on any atom is -0.508 e. The molecule has 1 aromatic heterocycles. The van der Waals surface area contributed by atoms with Crippen LogP contribution in [0.25, 0.3) is 22.1 Å². The van der Waals surface area contributed by atoms with Crippen LogP contribution >= 0.6 is 0 Å². The van der Waals surface area contributed by atoms with E-state index in [2.05, 4.69) is 0 Å². The van der Waals surface area contributed by atoms with Gasteiger partial charge in [-0.1, -0.05) is 12.1 Å². The molecular formula is C22H22O10. The number of phenols is 1. The van der Waals surface area contributed by atoms with Gasteiger partial charge >= 0.3 is 0 Å². The number of aromatic hydroxyl groups is 1. The molecule has 1 fully saturated rings. The molecule has 32 heavy (non-hydrogen) atoms. The van der Waals surface area contributed by atoms with E-state index in [0.717, 1.165) is 0 Å². The smallest absolute Gasteiger partial charge is 0.229 e. The highest BCUT2D eigenvalue weighted by atomic mass is 16.7.